The molecule has 2 aromatic carbocycles. The second-order valence-electron chi connectivity index (χ2n) is 8.61. The normalized spacial score (nSPS) is 17.7. The number of carbonyl (C=O) groups excluding carboxylic acids is 1. The van der Waals surface area contributed by atoms with Gasteiger partial charge in [0.2, 0.25) is 5.91 Å². The molecule has 2 unspecified atom stereocenters. The van der Waals surface area contributed by atoms with Crippen molar-refractivity contribution < 1.29 is 4.79 Å². The number of benzene rings is 2. The molecule has 2 heterocycles. The number of nitrogen functional groups attached to an aromatic ring is 1. The molecule has 1 aromatic heterocycles. The number of amides is 1. The first kappa shape index (κ1) is 19.7. The van der Waals surface area contributed by atoms with E-state index in [1.807, 2.05) is 33.2 Å². The molecule has 3 aromatic rings. The van der Waals surface area contributed by atoms with Gasteiger partial charge in [0.25, 0.3) is 0 Å². The average Bonchev–Trinajstić information content (AvgIpc) is 2.92. The molecule has 0 saturated heterocycles. The molecule has 0 fully saturated rings. The highest BCUT2D eigenvalue weighted by Gasteiger charge is 2.29. The molecule has 1 aliphatic heterocycles. The molecule has 4 rings (SSSR count). The second kappa shape index (κ2) is 7.35. The molecule has 0 saturated carbocycles. The summed E-state index contributed by atoms with van der Waals surface area (Å²) in [5, 5.41) is 8.91. The van der Waals surface area contributed by atoms with Crippen LogP contribution in [0.3, 0.4) is 0 Å². The van der Waals surface area contributed by atoms with Crippen molar-refractivity contribution in [1.82, 2.24) is 20.1 Å². The number of nitrogens with two attached hydrogens (primary N) is 1. The van der Waals surface area contributed by atoms with Crippen LogP contribution >= 0.6 is 0 Å². The molecule has 6 nitrogen and oxygen atoms in total. The number of rotatable bonds is 4. The molecule has 1 amide bonds. The Labute approximate surface area is 172 Å². The van der Waals surface area contributed by atoms with Gasteiger partial charge in [0.1, 0.15) is 6.04 Å². The molecule has 2 atom stereocenters. The van der Waals surface area contributed by atoms with E-state index in [1.54, 1.807) is 0 Å². The number of likely N-dealkylation sites (N-methyl/N-ethyl adjacent to an activating group) is 1. The fraction of sp³-hybridized carbons (Fsp3) is 0.435. The quantitative estimate of drug-likeness (QED) is 0.595. The average molecular weight is 394 g/mol. The van der Waals surface area contributed by atoms with Crippen molar-refractivity contribution in [2.24, 2.45) is 7.05 Å². The maximum absolute atomic E-state index is 13.1. The lowest BCUT2D eigenvalue weighted by molar-refractivity contribution is -0.124. The van der Waals surface area contributed by atoms with E-state index in [2.05, 4.69) is 46.2 Å². The van der Waals surface area contributed by atoms with Gasteiger partial charge in [0.05, 0.1) is 5.52 Å². The van der Waals surface area contributed by atoms with Gasteiger partial charge in [-0.3, -0.25) is 4.79 Å². The number of nitrogens with zero attached hydrogens (tertiary/aromatic N) is 2. The van der Waals surface area contributed by atoms with Gasteiger partial charge in [0, 0.05) is 48.2 Å². The summed E-state index contributed by atoms with van der Waals surface area (Å²) in [5.74, 6) is 0.0406. The first-order valence-electron chi connectivity index (χ1n) is 10.3. The van der Waals surface area contributed by atoms with Crippen molar-refractivity contribution >= 4 is 33.4 Å². The van der Waals surface area contributed by atoms with Gasteiger partial charge in [0.15, 0.2) is 0 Å². The number of nitrogens with one attached hydrogen (secondary N) is 2. The zero-order chi connectivity index (χ0) is 20.9. The molecule has 0 aliphatic carbocycles. The molecule has 154 valence electrons. The minimum absolute atomic E-state index is 0.0406. The van der Waals surface area contributed by atoms with Crippen molar-refractivity contribution in [3.8, 4) is 0 Å². The second-order valence-corrected chi connectivity index (χ2v) is 8.61. The number of fused-ring (bicyclic) bond motifs is 4. The van der Waals surface area contributed by atoms with E-state index in [4.69, 9.17) is 5.73 Å². The van der Waals surface area contributed by atoms with Gasteiger partial charge >= 0.3 is 0 Å². The number of aromatic nitrogens is 1. The predicted octanol–water partition coefficient (Wildman–Crippen LogP) is 2.48. The Morgan fingerprint density at radius 2 is 2.10 bits per heavy atom. The highest BCUT2D eigenvalue weighted by molar-refractivity contribution is 6.11. The van der Waals surface area contributed by atoms with Gasteiger partial charge in [-0.1, -0.05) is 0 Å². The molecule has 0 bridgehead atoms. The zero-order valence-electron chi connectivity index (χ0n) is 18.0. The molecule has 1 aliphatic rings. The third-order valence-electron chi connectivity index (χ3n) is 6.04. The lowest BCUT2D eigenvalue weighted by atomic mass is 9.88. The summed E-state index contributed by atoms with van der Waals surface area (Å²) < 4.78 is 2.25. The van der Waals surface area contributed by atoms with Crippen molar-refractivity contribution in [3.63, 3.8) is 0 Å². The molecule has 0 radical (unpaired) electrons. The van der Waals surface area contributed by atoms with Crippen LogP contribution in [0.4, 0.5) is 5.69 Å². The predicted molar refractivity (Wildman–Crippen MR) is 120 cm³/mol. The number of aryl methyl sites for hydroxylation is 2. The number of carbonyl (C=O) groups is 1. The van der Waals surface area contributed by atoms with Gasteiger partial charge in [-0.2, -0.15) is 0 Å². The van der Waals surface area contributed by atoms with E-state index in [0.29, 0.717) is 0 Å². The Morgan fingerprint density at radius 3 is 2.83 bits per heavy atom. The van der Waals surface area contributed by atoms with Crippen LogP contribution in [-0.2, 0) is 18.3 Å². The van der Waals surface area contributed by atoms with Crippen molar-refractivity contribution in [2.45, 2.75) is 32.4 Å². The first-order valence-corrected chi connectivity index (χ1v) is 10.3. The SMILES string of the molecule is Cc1c2c(cc3c4cc(N)ccc4n(C)c13)C(C(=O)NC(C)CN(C)C)NCC2. The van der Waals surface area contributed by atoms with Crippen molar-refractivity contribution in [1.29, 1.82) is 0 Å². The summed E-state index contributed by atoms with van der Waals surface area (Å²) in [7, 11) is 6.14. The Bertz CT molecular complexity index is 1100. The van der Waals surface area contributed by atoms with Crippen LogP contribution in [0.25, 0.3) is 21.8 Å². The van der Waals surface area contributed by atoms with E-state index in [9.17, 15) is 4.79 Å². The summed E-state index contributed by atoms with van der Waals surface area (Å²) in [6.45, 7) is 5.84. The van der Waals surface area contributed by atoms with Gasteiger partial charge < -0.3 is 25.8 Å². The summed E-state index contributed by atoms with van der Waals surface area (Å²) in [5.41, 5.74) is 12.9. The van der Waals surface area contributed by atoms with Crippen LogP contribution in [0.5, 0.6) is 0 Å². The number of hydrogen-bond donors (Lipinski definition) is 3. The summed E-state index contributed by atoms with van der Waals surface area (Å²) >= 11 is 0. The minimum Gasteiger partial charge on any atom is -0.399 e. The molecule has 29 heavy (non-hydrogen) atoms. The highest BCUT2D eigenvalue weighted by Crippen LogP contribution is 2.37. The third kappa shape index (κ3) is 3.36. The Morgan fingerprint density at radius 1 is 1.34 bits per heavy atom. The lowest BCUT2D eigenvalue weighted by Crippen LogP contribution is -2.47. The standard InChI is InChI=1S/C23H31N5O/c1-13(12-27(3)4)26-23(29)21-18-11-19-17-10-15(24)6-7-20(17)28(5)22(19)14(2)16(18)8-9-25-21/h6-7,10-11,13,21,25H,8-9,12,24H2,1-5H3,(H,26,29). The highest BCUT2D eigenvalue weighted by atomic mass is 16.2. The van der Waals surface area contributed by atoms with Crippen molar-refractivity contribution in [2.75, 3.05) is 32.9 Å². The van der Waals surface area contributed by atoms with Crippen LogP contribution in [0.1, 0.15) is 29.7 Å². The Balaban J connectivity index is 1.83. The van der Waals surface area contributed by atoms with Crippen LogP contribution in [0.15, 0.2) is 24.3 Å². The molecule has 4 N–H and O–H groups in total. The molecular formula is C23H31N5O. The maximum atomic E-state index is 13.1. The lowest BCUT2D eigenvalue weighted by Gasteiger charge is -2.29. The van der Waals surface area contributed by atoms with E-state index < -0.39 is 0 Å². The van der Waals surface area contributed by atoms with Crippen molar-refractivity contribution in [3.05, 3.63) is 41.0 Å². The number of hydrogen-bond acceptors (Lipinski definition) is 4. The van der Waals surface area contributed by atoms with E-state index in [1.165, 1.54) is 16.6 Å². The molecular weight excluding hydrogens is 362 g/mol. The molecule has 0 spiro atoms. The van der Waals surface area contributed by atoms with E-state index in [-0.39, 0.29) is 18.0 Å². The van der Waals surface area contributed by atoms with Crippen LogP contribution < -0.4 is 16.4 Å². The summed E-state index contributed by atoms with van der Waals surface area (Å²) in [4.78, 5) is 15.2. The monoisotopic (exact) mass is 393 g/mol. The smallest absolute Gasteiger partial charge is 0.242 e. The zero-order valence-corrected chi connectivity index (χ0v) is 18.0. The first-order chi connectivity index (χ1) is 13.8. The van der Waals surface area contributed by atoms with Crippen LogP contribution in [0, 0.1) is 6.92 Å². The molecule has 6 heteroatoms. The summed E-state index contributed by atoms with van der Waals surface area (Å²) in [6, 6.07) is 8.02. The summed E-state index contributed by atoms with van der Waals surface area (Å²) in [6.07, 6.45) is 0.928. The Kier molecular flexibility index (Phi) is 5.00. The van der Waals surface area contributed by atoms with E-state index in [0.717, 1.165) is 47.1 Å². The van der Waals surface area contributed by atoms with Gasteiger partial charge in [-0.25, -0.2) is 0 Å². The van der Waals surface area contributed by atoms with Gasteiger partial charge in [-0.15, -0.1) is 0 Å². The fourth-order valence-electron chi connectivity index (χ4n) is 4.89. The topological polar surface area (TPSA) is 75.3 Å². The minimum atomic E-state index is -0.331. The van der Waals surface area contributed by atoms with E-state index >= 15 is 0 Å². The maximum Gasteiger partial charge on any atom is 0.242 e. The van der Waals surface area contributed by atoms with Crippen LogP contribution in [-0.4, -0.2) is 48.6 Å². The Hall–Kier alpha value is -2.57. The van der Waals surface area contributed by atoms with Crippen LogP contribution in [0.2, 0.25) is 0 Å². The van der Waals surface area contributed by atoms with Gasteiger partial charge in [-0.05, 0) is 75.3 Å². The number of anilines is 1. The third-order valence-corrected chi connectivity index (χ3v) is 6.04. The fourth-order valence-corrected chi connectivity index (χ4v) is 4.89. The largest absolute Gasteiger partial charge is 0.399 e.